The molecule has 18 heavy (non-hydrogen) atoms. The van der Waals surface area contributed by atoms with Crippen LogP contribution >= 0.6 is 0 Å². The third-order valence-electron chi connectivity index (χ3n) is 2.68. The first kappa shape index (κ1) is 7.83. The van der Waals surface area contributed by atoms with Crippen molar-refractivity contribution in [1.29, 1.82) is 0 Å². The van der Waals surface area contributed by atoms with Gasteiger partial charge in [-0.1, -0.05) is 66.7 Å². The Balaban J connectivity index is 2.26. The first-order valence-corrected chi connectivity index (χ1v) is 5.77. The van der Waals surface area contributed by atoms with E-state index in [4.69, 9.17) is 4.11 Å². The summed E-state index contributed by atoms with van der Waals surface area (Å²) in [4.78, 5) is 4.48. The minimum absolute atomic E-state index is 0.00844. The summed E-state index contributed by atoms with van der Waals surface area (Å²) >= 11 is 0. The van der Waals surface area contributed by atoms with E-state index in [0.717, 1.165) is 11.1 Å². The zero-order chi connectivity index (χ0) is 14.8. The molecule has 0 fully saturated rings. The zero-order valence-electron chi connectivity index (χ0n) is 12.7. The molecule has 0 aliphatic heterocycles. The molecule has 1 aromatic heterocycles. The largest absolute Gasteiger partial charge is 0.248 e. The number of aromatic nitrogens is 1. The monoisotopic (exact) mass is 234 g/mol. The summed E-state index contributed by atoms with van der Waals surface area (Å²) in [5.41, 5.74) is 2.45. The zero-order valence-corrected chi connectivity index (χ0v) is 9.72. The van der Waals surface area contributed by atoms with Crippen molar-refractivity contribution in [3.8, 4) is 22.5 Å². The number of hydrogen-bond donors (Lipinski definition) is 0. The summed E-state index contributed by atoms with van der Waals surface area (Å²) < 4.78 is 24.1. The fourth-order valence-corrected chi connectivity index (χ4v) is 1.78. The van der Waals surface area contributed by atoms with Crippen molar-refractivity contribution in [3.63, 3.8) is 0 Å². The Morgan fingerprint density at radius 3 is 1.56 bits per heavy atom. The Bertz CT molecular complexity index is 707. The van der Waals surface area contributed by atoms with Crippen molar-refractivity contribution in [2.75, 3.05) is 0 Å². The molecule has 3 aromatic rings. The quantitative estimate of drug-likeness (QED) is 0.639. The fraction of sp³-hybridized carbons (Fsp3) is 0. The number of benzene rings is 2. The van der Waals surface area contributed by atoms with Crippen molar-refractivity contribution < 1.29 is 4.11 Å². The molecule has 0 aliphatic carbocycles. The van der Waals surface area contributed by atoms with E-state index in [1.807, 2.05) is 60.7 Å². The molecule has 1 heteroatoms. The molecule has 0 aliphatic rings. The highest BCUT2D eigenvalue weighted by molar-refractivity contribution is 5.65. The van der Waals surface area contributed by atoms with E-state index in [2.05, 4.69) is 4.98 Å². The molecule has 1 heterocycles. The molecule has 86 valence electrons. The minimum atomic E-state index is -0.0947. The van der Waals surface area contributed by atoms with Gasteiger partial charge in [0.15, 0.2) is 0 Å². The van der Waals surface area contributed by atoms with Crippen LogP contribution in [-0.4, -0.2) is 4.98 Å². The molecule has 1 nitrogen and oxygen atoms in total. The van der Waals surface area contributed by atoms with E-state index >= 15 is 0 Å². The Morgan fingerprint density at radius 2 is 1.11 bits per heavy atom. The van der Waals surface area contributed by atoms with Gasteiger partial charge >= 0.3 is 0 Å². The van der Waals surface area contributed by atoms with E-state index in [9.17, 15) is 0 Å². The Kier molecular flexibility index (Phi) is 2.11. The third kappa shape index (κ3) is 2.16. The van der Waals surface area contributed by atoms with Crippen molar-refractivity contribution in [3.05, 3.63) is 78.8 Å². The third-order valence-corrected chi connectivity index (χ3v) is 2.68. The van der Waals surface area contributed by atoms with Gasteiger partial charge in [-0.25, -0.2) is 4.98 Å². The van der Waals surface area contributed by atoms with Gasteiger partial charge in [0.25, 0.3) is 0 Å². The molecule has 0 saturated heterocycles. The van der Waals surface area contributed by atoms with Crippen LogP contribution in [0.1, 0.15) is 4.11 Å². The van der Waals surface area contributed by atoms with E-state index in [-0.39, 0.29) is 18.1 Å². The molecule has 3 rings (SSSR count). The van der Waals surface area contributed by atoms with Gasteiger partial charge in [0, 0.05) is 11.1 Å². The molecule has 0 spiro atoms. The van der Waals surface area contributed by atoms with Crippen LogP contribution in [0.4, 0.5) is 0 Å². The van der Waals surface area contributed by atoms with Crippen molar-refractivity contribution >= 4 is 0 Å². The number of rotatable bonds is 2. The van der Waals surface area contributed by atoms with E-state index in [1.165, 1.54) is 0 Å². The van der Waals surface area contributed by atoms with Gasteiger partial charge in [-0.3, -0.25) is 0 Å². The highest BCUT2D eigenvalue weighted by Crippen LogP contribution is 2.21. The lowest BCUT2D eigenvalue weighted by Gasteiger charge is -2.04. The van der Waals surface area contributed by atoms with Gasteiger partial charge in [-0.15, -0.1) is 0 Å². The molecular formula is C17H13N. The molecule has 0 atom stereocenters. The van der Waals surface area contributed by atoms with Crippen molar-refractivity contribution in [1.82, 2.24) is 4.98 Å². The highest BCUT2D eigenvalue weighted by atomic mass is 14.7. The minimum Gasteiger partial charge on any atom is -0.248 e. The highest BCUT2D eigenvalue weighted by Gasteiger charge is 2.01. The van der Waals surface area contributed by atoms with Crippen LogP contribution in [0.25, 0.3) is 22.5 Å². The number of pyridine rings is 1. The molecule has 0 unspecified atom stereocenters. The van der Waals surface area contributed by atoms with Crippen LogP contribution in [0.15, 0.2) is 78.8 Å². The lowest BCUT2D eigenvalue weighted by molar-refractivity contribution is 1.32. The second-order valence-electron chi connectivity index (χ2n) is 3.92. The Morgan fingerprint density at radius 1 is 0.667 bits per heavy atom. The summed E-state index contributed by atoms with van der Waals surface area (Å²) in [6.07, 6.45) is 0. The van der Waals surface area contributed by atoms with Gasteiger partial charge in [-0.2, -0.15) is 0 Å². The van der Waals surface area contributed by atoms with E-state index in [0.29, 0.717) is 11.4 Å². The van der Waals surface area contributed by atoms with E-state index < -0.39 is 0 Å². The molecule has 0 amide bonds. The fourth-order valence-electron chi connectivity index (χ4n) is 1.78. The molecule has 0 radical (unpaired) electrons. The standard InChI is InChI=1S/C17H13N/c1-3-8-14(9-4-1)16-12-7-13-17(18-16)15-10-5-2-6-11-15/h1-13H/i7D,12D,13D. The number of nitrogens with zero attached hydrogens (tertiary/aromatic N) is 1. The molecule has 0 N–H and O–H groups in total. The van der Waals surface area contributed by atoms with Crippen LogP contribution in [0.3, 0.4) is 0 Å². The van der Waals surface area contributed by atoms with Crippen LogP contribution in [0.2, 0.25) is 0 Å². The summed E-state index contributed by atoms with van der Waals surface area (Å²) in [5.74, 6) is 0. The topological polar surface area (TPSA) is 12.9 Å². The second kappa shape index (κ2) is 4.84. The average Bonchev–Trinajstić information content (AvgIpc) is 2.55. The summed E-state index contributed by atoms with van der Waals surface area (Å²) in [7, 11) is 0. The van der Waals surface area contributed by atoms with Crippen molar-refractivity contribution in [2.24, 2.45) is 0 Å². The van der Waals surface area contributed by atoms with Crippen molar-refractivity contribution in [2.45, 2.75) is 0 Å². The van der Waals surface area contributed by atoms with Gasteiger partial charge < -0.3 is 0 Å². The smallest absolute Gasteiger partial charge is 0.0709 e. The van der Waals surface area contributed by atoms with Crippen LogP contribution in [0, 0.1) is 0 Å². The van der Waals surface area contributed by atoms with Gasteiger partial charge in [0.05, 0.1) is 15.5 Å². The first-order valence-electron chi connectivity index (χ1n) is 7.27. The summed E-state index contributed by atoms with van der Waals surface area (Å²) in [6.45, 7) is 0. The number of hydrogen-bond acceptors (Lipinski definition) is 1. The Hall–Kier alpha value is -2.41. The van der Waals surface area contributed by atoms with Gasteiger partial charge in [0.1, 0.15) is 0 Å². The van der Waals surface area contributed by atoms with Gasteiger partial charge in [0.2, 0.25) is 0 Å². The summed E-state index contributed by atoms with van der Waals surface area (Å²) in [5, 5.41) is 0. The first-order chi connectivity index (χ1) is 10.2. The van der Waals surface area contributed by atoms with Gasteiger partial charge in [-0.05, 0) is 12.1 Å². The lowest BCUT2D eigenvalue weighted by Crippen LogP contribution is -1.87. The maximum atomic E-state index is 8.06. The SMILES string of the molecule is [2H]c1c(-c2ccccc2)nc(-c2ccccc2)c([2H])c1[2H]. The van der Waals surface area contributed by atoms with Crippen LogP contribution in [-0.2, 0) is 0 Å². The maximum absolute atomic E-state index is 8.06. The lowest BCUT2D eigenvalue weighted by atomic mass is 10.1. The summed E-state index contributed by atoms with van der Waals surface area (Å²) in [6, 6.07) is 18.6. The molecular weight excluding hydrogens is 218 g/mol. The maximum Gasteiger partial charge on any atom is 0.0709 e. The van der Waals surface area contributed by atoms with Crippen LogP contribution < -0.4 is 0 Å². The van der Waals surface area contributed by atoms with E-state index in [1.54, 1.807) is 0 Å². The predicted molar refractivity (Wildman–Crippen MR) is 75.1 cm³/mol. The second-order valence-corrected chi connectivity index (χ2v) is 3.92. The average molecular weight is 234 g/mol. The normalized spacial score (nSPS) is 12.6. The predicted octanol–water partition coefficient (Wildman–Crippen LogP) is 4.42. The Labute approximate surface area is 111 Å². The molecule has 0 bridgehead atoms. The molecule has 2 aromatic carbocycles. The van der Waals surface area contributed by atoms with Crippen LogP contribution in [0.5, 0.6) is 0 Å². The molecule has 0 saturated carbocycles.